The van der Waals surface area contributed by atoms with Crippen molar-refractivity contribution in [2.45, 2.75) is 117 Å². The SMILES string of the molecule is CCO[C@@H](CCO[Si](C(C)C)(C(C)C)C(C)C)c1ccc(OCc2ccc(F)c(-c3ccc(OC[C@H]4COC(C)(C)O4)nc3C)c2)cc1. The highest BCUT2D eigenvalue weighted by Gasteiger charge is 2.45. The normalized spacial score (nSPS) is 17.0. The highest BCUT2D eigenvalue weighted by Crippen LogP contribution is 2.42. The Bertz CT molecular complexity index is 1440. The summed E-state index contributed by atoms with van der Waals surface area (Å²) in [5, 5.41) is 0. The Morgan fingerprint density at radius 3 is 2.19 bits per heavy atom. The van der Waals surface area contributed by atoms with E-state index >= 15 is 4.39 Å². The standard InChI is InChI=1S/C39H56FNO6Si/c1-11-42-37(20-21-46-48(26(2)3,27(4)5)28(6)7)31-13-15-32(16-14-31)43-23-30-12-18-36(40)35(22-30)34-17-19-38(41-29(34)8)44-24-33-25-45-39(9,10)47-33/h12-19,22,26-28,33,37H,11,20-21,23-25H2,1-10H3/t33-,37-/m0/s1. The van der Waals surface area contributed by atoms with Gasteiger partial charge in [-0.3, -0.25) is 0 Å². The predicted octanol–water partition coefficient (Wildman–Crippen LogP) is 9.97. The highest BCUT2D eigenvalue weighted by molar-refractivity contribution is 6.77. The van der Waals surface area contributed by atoms with E-state index in [-0.39, 0.29) is 18.0 Å². The monoisotopic (exact) mass is 681 g/mol. The van der Waals surface area contributed by atoms with Gasteiger partial charge in [-0.1, -0.05) is 59.7 Å². The lowest BCUT2D eigenvalue weighted by Crippen LogP contribution is -2.48. The molecule has 1 saturated heterocycles. The second-order valence-corrected chi connectivity index (χ2v) is 19.6. The molecule has 2 heterocycles. The van der Waals surface area contributed by atoms with Crippen LogP contribution in [0.3, 0.4) is 0 Å². The molecule has 1 fully saturated rings. The molecule has 0 spiro atoms. The van der Waals surface area contributed by atoms with Crippen LogP contribution in [0.15, 0.2) is 54.6 Å². The maximum atomic E-state index is 15.0. The van der Waals surface area contributed by atoms with Gasteiger partial charge in [-0.2, -0.15) is 0 Å². The molecule has 0 N–H and O–H groups in total. The van der Waals surface area contributed by atoms with Crippen LogP contribution in [0.1, 0.15) is 91.7 Å². The molecule has 48 heavy (non-hydrogen) atoms. The van der Waals surface area contributed by atoms with Crippen LogP contribution in [0, 0.1) is 12.7 Å². The summed E-state index contributed by atoms with van der Waals surface area (Å²) < 4.78 is 51.4. The molecule has 0 unspecified atom stereocenters. The van der Waals surface area contributed by atoms with Crippen LogP contribution < -0.4 is 9.47 Å². The van der Waals surface area contributed by atoms with Gasteiger partial charge in [0.1, 0.15) is 30.9 Å². The average molecular weight is 682 g/mol. The van der Waals surface area contributed by atoms with Crippen LogP contribution in [0.25, 0.3) is 11.1 Å². The maximum Gasteiger partial charge on any atom is 0.213 e. The fourth-order valence-corrected chi connectivity index (χ4v) is 12.6. The summed E-state index contributed by atoms with van der Waals surface area (Å²) in [6.07, 6.45) is 0.591. The van der Waals surface area contributed by atoms with Gasteiger partial charge in [0.15, 0.2) is 14.1 Å². The number of halogens is 1. The Morgan fingerprint density at radius 1 is 0.917 bits per heavy atom. The zero-order valence-corrected chi connectivity index (χ0v) is 31.6. The summed E-state index contributed by atoms with van der Waals surface area (Å²) in [7, 11) is -1.93. The molecule has 9 heteroatoms. The predicted molar refractivity (Wildman–Crippen MR) is 192 cm³/mol. The molecule has 1 aliphatic heterocycles. The molecule has 0 aliphatic carbocycles. The van der Waals surface area contributed by atoms with Crippen molar-refractivity contribution in [3.05, 3.63) is 77.2 Å². The molecule has 4 rings (SSSR count). The average Bonchev–Trinajstić information content (AvgIpc) is 3.39. The molecule has 264 valence electrons. The van der Waals surface area contributed by atoms with Gasteiger partial charge >= 0.3 is 0 Å². The summed E-state index contributed by atoms with van der Waals surface area (Å²) >= 11 is 0. The van der Waals surface area contributed by atoms with Crippen molar-refractivity contribution in [1.29, 1.82) is 0 Å². The Morgan fingerprint density at radius 2 is 1.60 bits per heavy atom. The maximum absolute atomic E-state index is 15.0. The molecule has 1 aromatic heterocycles. The molecule has 2 aromatic carbocycles. The molecule has 0 radical (unpaired) electrons. The van der Waals surface area contributed by atoms with Crippen molar-refractivity contribution in [3.63, 3.8) is 0 Å². The van der Waals surface area contributed by atoms with Crippen molar-refractivity contribution < 1.29 is 32.5 Å². The summed E-state index contributed by atoms with van der Waals surface area (Å²) in [6.45, 7) is 23.9. The molecule has 3 aromatic rings. The quantitative estimate of drug-likeness (QED) is 0.131. The van der Waals surface area contributed by atoms with Gasteiger partial charge in [0.2, 0.25) is 5.88 Å². The van der Waals surface area contributed by atoms with Crippen molar-refractivity contribution in [2.75, 3.05) is 26.4 Å². The minimum absolute atomic E-state index is 0.0484. The zero-order chi connectivity index (χ0) is 35.1. The number of nitrogens with zero attached hydrogens (tertiary/aromatic N) is 1. The number of hydrogen-bond donors (Lipinski definition) is 0. The second kappa shape index (κ2) is 16.7. The first-order valence-electron chi connectivity index (χ1n) is 17.4. The number of hydrogen-bond acceptors (Lipinski definition) is 7. The van der Waals surface area contributed by atoms with Gasteiger partial charge in [-0.15, -0.1) is 0 Å². The van der Waals surface area contributed by atoms with Crippen LogP contribution in [0.2, 0.25) is 16.6 Å². The van der Waals surface area contributed by atoms with Crippen LogP contribution >= 0.6 is 0 Å². The lowest BCUT2D eigenvalue weighted by Gasteiger charge is -2.42. The first-order valence-corrected chi connectivity index (χ1v) is 19.6. The Balaban J connectivity index is 1.36. The number of rotatable bonds is 17. The Labute approximate surface area is 288 Å². The molecular formula is C39H56FNO6Si. The summed E-state index contributed by atoms with van der Waals surface area (Å²) in [5.74, 6) is 0.272. The third-order valence-corrected chi connectivity index (χ3v) is 15.4. The summed E-state index contributed by atoms with van der Waals surface area (Å²) in [6, 6.07) is 16.7. The smallest absolute Gasteiger partial charge is 0.213 e. The van der Waals surface area contributed by atoms with Gasteiger partial charge in [0, 0.05) is 36.1 Å². The van der Waals surface area contributed by atoms with Gasteiger partial charge in [-0.25, -0.2) is 9.37 Å². The van der Waals surface area contributed by atoms with E-state index < -0.39 is 14.1 Å². The van der Waals surface area contributed by atoms with E-state index in [0.29, 0.717) is 72.4 Å². The Hall–Kier alpha value is -2.82. The van der Waals surface area contributed by atoms with Gasteiger partial charge in [0.05, 0.1) is 12.7 Å². The van der Waals surface area contributed by atoms with Crippen molar-refractivity contribution in [1.82, 2.24) is 4.98 Å². The molecule has 0 saturated carbocycles. The largest absolute Gasteiger partial charge is 0.489 e. The van der Waals surface area contributed by atoms with Crippen LogP contribution in [0.4, 0.5) is 4.39 Å². The Kier molecular flexibility index (Phi) is 13.2. The van der Waals surface area contributed by atoms with Gasteiger partial charge in [0.25, 0.3) is 0 Å². The minimum Gasteiger partial charge on any atom is -0.489 e. The summed E-state index contributed by atoms with van der Waals surface area (Å²) in [5.41, 5.74) is 5.44. The van der Waals surface area contributed by atoms with Crippen LogP contribution in [-0.2, 0) is 25.2 Å². The second-order valence-electron chi connectivity index (χ2n) is 14.1. The molecule has 1 aliphatic rings. The lowest BCUT2D eigenvalue weighted by molar-refractivity contribution is -0.141. The van der Waals surface area contributed by atoms with Crippen molar-refractivity contribution in [3.8, 4) is 22.8 Å². The number of aryl methyl sites for hydroxylation is 1. The summed E-state index contributed by atoms with van der Waals surface area (Å²) in [4.78, 5) is 4.57. The topological polar surface area (TPSA) is 68.3 Å². The third kappa shape index (κ3) is 9.45. The molecule has 0 amide bonds. The number of pyridine rings is 1. The van der Waals surface area contributed by atoms with E-state index in [2.05, 4.69) is 58.7 Å². The van der Waals surface area contributed by atoms with E-state index in [1.165, 1.54) is 6.07 Å². The fraction of sp³-hybridized carbons (Fsp3) is 0.564. The fourth-order valence-electron chi connectivity index (χ4n) is 7.13. The van der Waals surface area contributed by atoms with E-state index in [4.69, 9.17) is 28.1 Å². The van der Waals surface area contributed by atoms with Crippen molar-refractivity contribution in [2.24, 2.45) is 0 Å². The van der Waals surface area contributed by atoms with E-state index in [1.54, 1.807) is 12.1 Å². The molecule has 2 atom stereocenters. The first kappa shape index (κ1) is 38.0. The third-order valence-electron chi connectivity index (χ3n) is 9.33. The minimum atomic E-state index is -1.93. The number of benzene rings is 2. The lowest BCUT2D eigenvalue weighted by atomic mass is 10.0. The zero-order valence-electron chi connectivity index (χ0n) is 30.6. The first-order chi connectivity index (χ1) is 22.8. The molecular weight excluding hydrogens is 626 g/mol. The highest BCUT2D eigenvalue weighted by atomic mass is 28.4. The van der Waals surface area contributed by atoms with E-state index in [1.807, 2.05) is 52.0 Å². The number of ether oxygens (including phenoxy) is 5. The number of aromatic nitrogens is 1. The van der Waals surface area contributed by atoms with Crippen LogP contribution in [-0.4, -0.2) is 51.6 Å². The van der Waals surface area contributed by atoms with Crippen molar-refractivity contribution >= 4 is 8.32 Å². The molecule has 0 bridgehead atoms. The molecule has 7 nitrogen and oxygen atoms in total. The van der Waals surface area contributed by atoms with Gasteiger partial charge in [-0.05, 0) is 92.2 Å². The van der Waals surface area contributed by atoms with Gasteiger partial charge < -0.3 is 28.1 Å². The van der Waals surface area contributed by atoms with Crippen LogP contribution in [0.5, 0.6) is 11.6 Å². The van der Waals surface area contributed by atoms with E-state index in [9.17, 15) is 0 Å². The van der Waals surface area contributed by atoms with E-state index in [0.717, 1.165) is 23.3 Å².